The molecule has 1 fully saturated rings. The van der Waals surface area contributed by atoms with E-state index in [-0.39, 0.29) is 5.91 Å². The number of hydrogen-bond donors (Lipinski definition) is 1. The molecule has 3 nitrogen and oxygen atoms in total. The Balaban J connectivity index is 2.08. The van der Waals surface area contributed by atoms with E-state index in [9.17, 15) is 4.79 Å². The molecule has 4 heteroatoms. The van der Waals surface area contributed by atoms with Crippen LogP contribution in [0.2, 0.25) is 0 Å². The van der Waals surface area contributed by atoms with E-state index in [4.69, 9.17) is 0 Å². The monoisotopic (exact) mass is 264 g/mol. The highest BCUT2D eigenvalue weighted by Crippen LogP contribution is 2.24. The summed E-state index contributed by atoms with van der Waals surface area (Å²) < 4.78 is 0. The molecule has 1 aromatic carbocycles. The predicted octanol–water partition coefficient (Wildman–Crippen LogP) is 2.09. The largest absolute Gasteiger partial charge is 0.338 e. The summed E-state index contributed by atoms with van der Waals surface area (Å²) in [4.78, 5) is 15.5. The zero-order chi connectivity index (χ0) is 13.0. The lowest BCUT2D eigenvalue weighted by Crippen LogP contribution is -2.30. The molecule has 1 atom stereocenters. The first-order chi connectivity index (χ1) is 8.76. The Morgan fingerprint density at radius 3 is 3.00 bits per heavy atom. The van der Waals surface area contributed by atoms with Crippen molar-refractivity contribution < 1.29 is 4.79 Å². The van der Waals surface area contributed by atoms with Gasteiger partial charge in [-0.3, -0.25) is 4.79 Å². The Kier molecular flexibility index (Phi) is 4.66. The van der Waals surface area contributed by atoms with E-state index < -0.39 is 0 Å². The van der Waals surface area contributed by atoms with Gasteiger partial charge in [-0.15, -0.1) is 11.8 Å². The standard InChI is InChI=1S/C14H20N2OS/c1-15-9-11-7-8-16(10-11)14(17)12-5-3-4-6-13(12)18-2/h3-6,11,15H,7-10H2,1-2H3. The minimum atomic E-state index is 0.179. The first-order valence-corrected chi connectivity index (χ1v) is 7.55. The van der Waals surface area contributed by atoms with Crippen molar-refractivity contribution in [3.05, 3.63) is 29.8 Å². The Hall–Kier alpha value is -1.00. The van der Waals surface area contributed by atoms with Crippen LogP contribution in [0, 0.1) is 5.92 Å². The molecule has 1 unspecified atom stereocenters. The molecule has 0 spiro atoms. The second-order valence-electron chi connectivity index (χ2n) is 4.66. The van der Waals surface area contributed by atoms with Crippen molar-refractivity contribution in [2.45, 2.75) is 11.3 Å². The van der Waals surface area contributed by atoms with Gasteiger partial charge >= 0.3 is 0 Å². The van der Waals surface area contributed by atoms with Crippen molar-refractivity contribution in [2.75, 3.05) is 32.9 Å². The first-order valence-electron chi connectivity index (χ1n) is 6.33. The first kappa shape index (κ1) is 13.4. The number of carbonyl (C=O) groups is 1. The van der Waals surface area contributed by atoms with Crippen molar-refractivity contribution in [1.29, 1.82) is 0 Å². The molecule has 1 aliphatic rings. The van der Waals surface area contributed by atoms with E-state index in [2.05, 4.69) is 5.32 Å². The summed E-state index contributed by atoms with van der Waals surface area (Å²) in [6.07, 6.45) is 3.12. The summed E-state index contributed by atoms with van der Waals surface area (Å²) in [7, 11) is 1.97. The molecule has 1 amide bonds. The van der Waals surface area contributed by atoms with Gasteiger partial charge in [0.15, 0.2) is 0 Å². The van der Waals surface area contributed by atoms with Crippen molar-refractivity contribution >= 4 is 17.7 Å². The highest BCUT2D eigenvalue weighted by molar-refractivity contribution is 7.98. The maximum absolute atomic E-state index is 12.5. The number of rotatable bonds is 4. The Morgan fingerprint density at radius 1 is 1.50 bits per heavy atom. The van der Waals surface area contributed by atoms with Crippen LogP contribution in [0.5, 0.6) is 0 Å². The smallest absolute Gasteiger partial charge is 0.254 e. The lowest BCUT2D eigenvalue weighted by molar-refractivity contribution is 0.0784. The topological polar surface area (TPSA) is 32.3 Å². The van der Waals surface area contributed by atoms with Crippen molar-refractivity contribution in [3.63, 3.8) is 0 Å². The van der Waals surface area contributed by atoms with Crippen molar-refractivity contribution in [2.24, 2.45) is 5.92 Å². The quantitative estimate of drug-likeness (QED) is 0.845. The summed E-state index contributed by atoms with van der Waals surface area (Å²) in [5.41, 5.74) is 0.843. The summed E-state index contributed by atoms with van der Waals surface area (Å²) in [6, 6.07) is 7.86. The molecular formula is C14H20N2OS. The molecule has 0 aliphatic carbocycles. The van der Waals surface area contributed by atoms with Crippen LogP contribution >= 0.6 is 11.8 Å². The minimum absolute atomic E-state index is 0.179. The van der Waals surface area contributed by atoms with Gasteiger partial charge in [0.2, 0.25) is 0 Å². The van der Waals surface area contributed by atoms with Crippen LogP contribution in [0.25, 0.3) is 0 Å². The van der Waals surface area contributed by atoms with Crippen LogP contribution < -0.4 is 5.32 Å². The van der Waals surface area contributed by atoms with Gasteiger partial charge in [-0.1, -0.05) is 12.1 Å². The number of carbonyl (C=O) groups excluding carboxylic acids is 1. The minimum Gasteiger partial charge on any atom is -0.338 e. The summed E-state index contributed by atoms with van der Waals surface area (Å²) in [5, 5.41) is 3.19. The Bertz CT molecular complexity index is 422. The zero-order valence-electron chi connectivity index (χ0n) is 11.0. The van der Waals surface area contributed by atoms with E-state index in [1.807, 2.05) is 42.5 Å². The molecule has 2 rings (SSSR count). The molecule has 1 N–H and O–H groups in total. The number of likely N-dealkylation sites (tertiary alicyclic amines) is 1. The predicted molar refractivity (Wildman–Crippen MR) is 76.2 cm³/mol. The van der Waals surface area contributed by atoms with Gasteiger partial charge in [-0.05, 0) is 44.3 Å². The lowest BCUT2D eigenvalue weighted by atomic mass is 10.1. The van der Waals surface area contributed by atoms with E-state index in [1.165, 1.54) is 0 Å². The molecule has 1 aliphatic heterocycles. The van der Waals surface area contributed by atoms with E-state index >= 15 is 0 Å². The molecule has 98 valence electrons. The number of hydrogen-bond acceptors (Lipinski definition) is 3. The van der Waals surface area contributed by atoms with Gasteiger partial charge in [-0.2, -0.15) is 0 Å². The van der Waals surface area contributed by atoms with Crippen LogP contribution in [-0.4, -0.2) is 43.7 Å². The second-order valence-corrected chi connectivity index (χ2v) is 5.51. The lowest BCUT2D eigenvalue weighted by Gasteiger charge is -2.18. The molecule has 0 aromatic heterocycles. The van der Waals surface area contributed by atoms with Gasteiger partial charge < -0.3 is 10.2 Å². The molecular weight excluding hydrogens is 244 g/mol. The molecule has 0 saturated carbocycles. The number of thioether (sulfide) groups is 1. The Morgan fingerprint density at radius 2 is 2.28 bits per heavy atom. The number of amides is 1. The molecule has 1 aromatic rings. The van der Waals surface area contributed by atoms with Crippen LogP contribution in [0.1, 0.15) is 16.8 Å². The van der Waals surface area contributed by atoms with Crippen molar-refractivity contribution in [1.82, 2.24) is 10.2 Å². The number of benzene rings is 1. The van der Waals surface area contributed by atoms with Gasteiger partial charge in [-0.25, -0.2) is 0 Å². The third-order valence-electron chi connectivity index (χ3n) is 3.40. The van der Waals surface area contributed by atoms with Crippen LogP contribution in [0.15, 0.2) is 29.2 Å². The Labute approximate surface area is 113 Å². The summed E-state index contributed by atoms with van der Waals surface area (Å²) in [5.74, 6) is 0.777. The van der Waals surface area contributed by atoms with Gasteiger partial charge in [0.25, 0.3) is 5.91 Å². The fourth-order valence-corrected chi connectivity index (χ4v) is 3.05. The van der Waals surface area contributed by atoms with Gasteiger partial charge in [0, 0.05) is 18.0 Å². The SMILES string of the molecule is CNCC1CCN(C(=O)c2ccccc2SC)C1. The maximum atomic E-state index is 12.5. The molecule has 1 heterocycles. The van der Waals surface area contributed by atoms with Crippen LogP contribution in [0.4, 0.5) is 0 Å². The fraction of sp³-hybridized carbons (Fsp3) is 0.500. The average Bonchev–Trinajstić information content (AvgIpc) is 2.87. The highest BCUT2D eigenvalue weighted by Gasteiger charge is 2.27. The third kappa shape index (κ3) is 2.87. The second kappa shape index (κ2) is 6.25. The van der Waals surface area contributed by atoms with E-state index in [0.717, 1.165) is 36.5 Å². The zero-order valence-corrected chi connectivity index (χ0v) is 11.8. The van der Waals surface area contributed by atoms with E-state index in [0.29, 0.717) is 5.92 Å². The van der Waals surface area contributed by atoms with Gasteiger partial charge in [0.1, 0.15) is 0 Å². The summed E-state index contributed by atoms with van der Waals surface area (Å²) >= 11 is 1.63. The van der Waals surface area contributed by atoms with Crippen LogP contribution in [0.3, 0.4) is 0 Å². The average molecular weight is 264 g/mol. The highest BCUT2D eigenvalue weighted by atomic mass is 32.2. The maximum Gasteiger partial charge on any atom is 0.254 e. The van der Waals surface area contributed by atoms with Gasteiger partial charge in [0.05, 0.1) is 5.56 Å². The molecule has 1 saturated heterocycles. The van der Waals surface area contributed by atoms with Crippen LogP contribution in [-0.2, 0) is 0 Å². The van der Waals surface area contributed by atoms with Crippen molar-refractivity contribution in [3.8, 4) is 0 Å². The molecule has 0 bridgehead atoms. The molecule has 0 radical (unpaired) electrons. The van der Waals surface area contributed by atoms with E-state index in [1.54, 1.807) is 11.8 Å². The number of nitrogens with zero attached hydrogens (tertiary/aromatic N) is 1. The molecule has 18 heavy (non-hydrogen) atoms. The normalized spacial score (nSPS) is 19.2. The number of nitrogens with one attached hydrogen (secondary N) is 1. The third-order valence-corrected chi connectivity index (χ3v) is 4.20. The fourth-order valence-electron chi connectivity index (χ4n) is 2.46. The summed E-state index contributed by atoms with van der Waals surface area (Å²) in [6.45, 7) is 2.75.